The Labute approximate surface area is 160 Å². The van der Waals surface area contributed by atoms with Gasteiger partial charge in [0.25, 0.3) is 0 Å². The molecule has 0 aliphatic rings. The van der Waals surface area contributed by atoms with E-state index >= 15 is 0 Å². The molecule has 0 bridgehead atoms. The van der Waals surface area contributed by atoms with Gasteiger partial charge in [-0.2, -0.15) is 0 Å². The molecule has 6 nitrogen and oxygen atoms in total. The summed E-state index contributed by atoms with van der Waals surface area (Å²) in [5, 5.41) is 14.5. The minimum atomic E-state index is -0.990. The van der Waals surface area contributed by atoms with Crippen LogP contribution in [0.25, 0.3) is 10.6 Å². The van der Waals surface area contributed by atoms with Crippen LogP contribution >= 0.6 is 11.3 Å². The molecule has 0 radical (unpaired) electrons. The number of hydrogen-bond acceptors (Lipinski definition) is 5. The van der Waals surface area contributed by atoms with Crippen molar-refractivity contribution in [2.24, 2.45) is 0 Å². The number of aromatic nitrogens is 1. The maximum absolute atomic E-state index is 12.2. The molecule has 0 saturated carbocycles. The van der Waals surface area contributed by atoms with Crippen molar-refractivity contribution in [3.8, 4) is 16.3 Å². The second kappa shape index (κ2) is 8.46. The Bertz CT molecular complexity index is 968. The highest BCUT2D eigenvalue weighted by atomic mass is 32.1. The van der Waals surface area contributed by atoms with Crippen LogP contribution in [0.4, 0.5) is 0 Å². The van der Waals surface area contributed by atoms with Crippen molar-refractivity contribution < 1.29 is 19.4 Å². The van der Waals surface area contributed by atoms with Gasteiger partial charge in [-0.1, -0.05) is 24.3 Å². The summed E-state index contributed by atoms with van der Waals surface area (Å²) in [7, 11) is 1.61. The van der Waals surface area contributed by atoms with Crippen molar-refractivity contribution in [3.63, 3.8) is 0 Å². The van der Waals surface area contributed by atoms with Crippen LogP contribution in [-0.4, -0.2) is 29.1 Å². The predicted molar refractivity (Wildman–Crippen MR) is 103 cm³/mol. The quantitative estimate of drug-likeness (QED) is 0.654. The van der Waals surface area contributed by atoms with Gasteiger partial charge in [-0.15, -0.1) is 11.3 Å². The topological polar surface area (TPSA) is 88.5 Å². The van der Waals surface area contributed by atoms with Gasteiger partial charge in [0, 0.05) is 17.5 Å². The van der Waals surface area contributed by atoms with Crippen molar-refractivity contribution in [1.82, 2.24) is 10.3 Å². The van der Waals surface area contributed by atoms with E-state index in [9.17, 15) is 9.59 Å². The number of carbonyl (C=O) groups excluding carboxylic acids is 1. The lowest BCUT2D eigenvalue weighted by molar-refractivity contribution is -0.120. The third-order valence-electron chi connectivity index (χ3n) is 3.87. The number of nitrogens with zero attached hydrogens (tertiary/aromatic N) is 1. The van der Waals surface area contributed by atoms with Crippen molar-refractivity contribution in [2.75, 3.05) is 7.11 Å². The zero-order valence-electron chi connectivity index (χ0n) is 14.6. The van der Waals surface area contributed by atoms with E-state index in [1.54, 1.807) is 25.3 Å². The lowest BCUT2D eigenvalue weighted by atomic mass is 10.1. The molecule has 0 saturated heterocycles. The zero-order chi connectivity index (χ0) is 19.2. The van der Waals surface area contributed by atoms with E-state index in [4.69, 9.17) is 9.84 Å². The number of methoxy groups -OCH3 is 1. The number of carboxylic acid groups (broad SMARTS) is 1. The molecule has 27 heavy (non-hydrogen) atoms. The number of ether oxygens (including phenoxy) is 1. The van der Waals surface area contributed by atoms with Gasteiger partial charge in [-0.05, 0) is 29.8 Å². The SMILES string of the molecule is COc1cccc(-c2nc(CC(=O)NCc3cccc(C(=O)O)c3)cs2)c1. The molecular formula is C20H18N2O4S. The molecule has 1 heterocycles. The number of nitrogens with one attached hydrogen (secondary N) is 1. The Hall–Kier alpha value is -3.19. The average Bonchev–Trinajstić information content (AvgIpc) is 3.15. The molecule has 7 heteroatoms. The standard InChI is InChI=1S/C20H18N2O4S/c1-26-17-7-3-5-14(9-17)19-22-16(12-27-19)10-18(23)21-11-13-4-2-6-15(8-13)20(24)25/h2-9,12H,10-11H2,1H3,(H,21,23)(H,24,25). The highest BCUT2D eigenvalue weighted by Gasteiger charge is 2.10. The van der Waals surface area contributed by atoms with Crippen LogP contribution in [0.15, 0.2) is 53.9 Å². The first-order chi connectivity index (χ1) is 13.0. The average molecular weight is 382 g/mol. The van der Waals surface area contributed by atoms with Crippen LogP contribution < -0.4 is 10.1 Å². The fourth-order valence-corrected chi connectivity index (χ4v) is 3.34. The highest BCUT2D eigenvalue weighted by molar-refractivity contribution is 7.13. The third kappa shape index (κ3) is 4.92. The second-order valence-corrected chi connectivity index (χ2v) is 6.69. The number of carbonyl (C=O) groups is 2. The number of hydrogen-bond donors (Lipinski definition) is 2. The first kappa shape index (κ1) is 18.6. The van der Waals surface area contributed by atoms with Crippen LogP contribution in [0.1, 0.15) is 21.6 Å². The molecule has 2 aromatic carbocycles. The van der Waals surface area contributed by atoms with E-state index in [0.717, 1.165) is 21.9 Å². The van der Waals surface area contributed by atoms with E-state index in [2.05, 4.69) is 10.3 Å². The Kier molecular flexibility index (Phi) is 5.83. The van der Waals surface area contributed by atoms with Gasteiger partial charge in [0.2, 0.25) is 5.91 Å². The number of rotatable bonds is 7. The first-order valence-corrected chi connectivity index (χ1v) is 9.11. The number of benzene rings is 2. The summed E-state index contributed by atoms with van der Waals surface area (Å²) in [6.45, 7) is 0.271. The summed E-state index contributed by atoms with van der Waals surface area (Å²) in [5.41, 5.74) is 2.56. The molecule has 0 spiro atoms. The van der Waals surface area contributed by atoms with Crippen molar-refractivity contribution >= 4 is 23.2 Å². The summed E-state index contributed by atoms with van der Waals surface area (Å²) >= 11 is 1.47. The number of carboxylic acids is 1. The molecular weight excluding hydrogens is 364 g/mol. The summed E-state index contributed by atoms with van der Waals surface area (Å²) < 4.78 is 5.22. The number of amides is 1. The van der Waals surface area contributed by atoms with Gasteiger partial charge in [-0.25, -0.2) is 9.78 Å². The van der Waals surface area contributed by atoms with Crippen molar-refractivity contribution in [1.29, 1.82) is 0 Å². The first-order valence-electron chi connectivity index (χ1n) is 8.23. The van der Waals surface area contributed by atoms with E-state index in [0.29, 0.717) is 5.69 Å². The molecule has 1 aromatic heterocycles. The van der Waals surface area contributed by atoms with E-state index in [1.807, 2.05) is 29.6 Å². The van der Waals surface area contributed by atoms with Crippen LogP contribution in [-0.2, 0) is 17.8 Å². The minimum Gasteiger partial charge on any atom is -0.497 e. The zero-order valence-corrected chi connectivity index (χ0v) is 15.5. The maximum atomic E-state index is 12.2. The lowest BCUT2D eigenvalue weighted by Crippen LogP contribution is -2.24. The fraction of sp³-hybridized carbons (Fsp3) is 0.150. The van der Waals surface area contributed by atoms with Gasteiger partial charge in [0.1, 0.15) is 10.8 Å². The largest absolute Gasteiger partial charge is 0.497 e. The van der Waals surface area contributed by atoms with Crippen molar-refractivity contribution in [2.45, 2.75) is 13.0 Å². The molecule has 0 atom stereocenters. The summed E-state index contributed by atoms with van der Waals surface area (Å²) in [4.78, 5) is 27.7. The molecule has 0 unspecified atom stereocenters. The number of thiazole rings is 1. The smallest absolute Gasteiger partial charge is 0.335 e. The Morgan fingerprint density at radius 3 is 2.78 bits per heavy atom. The van der Waals surface area contributed by atoms with Crippen LogP contribution in [0, 0.1) is 0 Å². The Morgan fingerprint density at radius 2 is 2.00 bits per heavy atom. The summed E-state index contributed by atoms with van der Waals surface area (Å²) in [5.74, 6) is -0.403. The number of aromatic carboxylic acids is 1. The minimum absolute atomic E-state index is 0.166. The fourth-order valence-electron chi connectivity index (χ4n) is 2.52. The van der Waals surface area contributed by atoms with E-state index in [1.165, 1.54) is 17.4 Å². The second-order valence-electron chi connectivity index (χ2n) is 5.83. The molecule has 0 aliphatic heterocycles. The van der Waals surface area contributed by atoms with Gasteiger partial charge in [-0.3, -0.25) is 4.79 Å². The highest BCUT2D eigenvalue weighted by Crippen LogP contribution is 2.27. The van der Waals surface area contributed by atoms with Gasteiger partial charge < -0.3 is 15.2 Å². The summed E-state index contributed by atoms with van der Waals surface area (Å²) in [6, 6.07) is 14.1. The molecule has 3 aromatic rings. The monoisotopic (exact) mass is 382 g/mol. The lowest BCUT2D eigenvalue weighted by Gasteiger charge is -2.05. The van der Waals surface area contributed by atoms with Crippen molar-refractivity contribution in [3.05, 3.63) is 70.7 Å². The molecule has 2 N–H and O–H groups in total. The van der Waals surface area contributed by atoms with Gasteiger partial charge in [0.15, 0.2) is 0 Å². The summed E-state index contributed by atoms with van der Waals surface area (Å²) in [6.07, 6.45) is 0.166. The van der Waals surface area contributed by atoms with Crippen LogP contribution in [0.3, 0.4) is 0 Å². The molecule has 3 rings (SSSR count). The van der Waals surface area contributed by atoms with Crippen LogP contribution in [0.2, 0.25) is 0 Å². The molecule has 0 fully saturated rings. The van der Waals surface area contributed by atoms with E-state index < -0.39 is 5.97 Å². The van der Waals surface area contributed by atoms with Gasteiger partial charge >= 0.3 is 5.97 Å². The maximum Gasteiger partial charge on any atom is 0.335 e. The van der Waals surface area contributed by atoms with Crippen LogP contribution in [0.5, 0.6) is 5.75 Å². The molecule has 0 aliphatic carbocycles. The molecule has 138 valence electrons. The normalized spacial score (nSPS) is 10.4. The molecule has 1 amide bonds. The van der Waals surface area contributed by atoms with Gasteiger partial charge in [0.05, 0.1) is 24.8 Å². The predicted octanol–water partition coefficient (Wildman–Crippen LogP) is 3.38. The third-order valence-corrected chi connectivity index (χ3v) is 4.81. The Balaban J connectivity index is 1.59. The Morgan fingerprint density at radius 1 is 1.19 bits per heavy atom. The van der Waals surface area contributed by atoms with E-state index in [-0.39, 0.29) is 24.4 Å².